The van der Waals surface area contributed by atoms with Gasteiger partial charge in [-0.15, -0.1) is 0 Å². The lowest BCUT2D eigenvalue weighted by Gasteiger charge is -2.24. The number of fused-ring (bicyclic) bond motifs is 1. The highest BCUT2D eigenvalue weighted by Crippen LogP contribution is 2.28. The predicted octanol–water partition coefficient (Wildman–Crippen LogP) is 2.86. The number of anilines is 2. The van der Waals surface area contributed by atoms with Crippen LogP contribution < -0.4 is 11.1 Å². The zero-order valence-electron chi connectivity index (χ0n) is 13.3. The summed E-state index contributed by atoms with van der Waals surface area (Å²) in [5.74, 6) is 1.06. The smallest absolute Gasteiger partial charge is 0.169 e. The Hall–Kier alpha value is -2.73. The lowest BCUT2D eigenvalue weighted by atomic mass is 10.1. The van der Waals surface area contributed by atoms with Crippen LogP contribution in [0.25, 0.3) is 22.2 Å². The van der Waals surface area contributed by atoms with Crippen molar-refractivity contribution < 1.29 is 4.74 Å². The van der Waals surface area contributed by atoms with Crippen molar-refractivity contribution in [2.24, 2.45) is 0 Å². The van der Waals surface area contributed by atoms with Crippen molar-refractivity contribution in [3.8, 4) is 11.3 Å². The molecule has 1 saturated heterocycles. The van der Waals surface area contributed by atoms with E-state index in [1.165, 1.54) is 0 Å². The Morgan fingerprint density at radius 2 is 1.96 bits per heavy atom. The van der Waals surface area contributed by atoms with Crippen LogP contribution in [-0.4, -0.2) is 34.2 Å². The number of aromatic nitrogens is 3. The first-order chi connectivity index (χ1) is 11.8. The van der Waals surface area contributed by atoms with Crippen molar-refractivity contribution >= 4 is 22.5 Å². The second kappa shape index (κ2) is 6.41. The zero-order valence-corrected chi connectivity index (χ0v) is 13.3. The molecule has 4 rings (SSSR count). The van der Waals surface area contributed by atoms with E-state index in [4.69, 9.17) is 15.5 Å². The molecule has 0 bridgehead atoms. The number of nitrogens with two attached hydrogens (primary N) is 1. The van der Waals surface area contributed by atoms with Gasteiger partial charge < -0.3 is 15.8 Å². The van der Waals surface area contributed by atoms with Crippen molar-refractivity contribution in [1.82, 2.24) is 15.0 Å². The molecule has 0 amide bonds. The lowest BCUT2D eigenvalue weighted by Crippen LogP contribution is -2.28. The standard InChI is InChI=1S/C18H19N5O/c19-17-18(22-12-6-9-24-10-7-12)23-16(11-21-17)14-3-1-5-15-13(14)4-2-8-20-15/h1-5,8,11-12H,6-7,9-10H2,(H2,19,21)(H,22,23). The highest BCUT2D eigenvalue weighted by molar-refractivity contribution is 5.93. The van der Waals surface area contributed by atoms with E-state index in [1.807, 2.05) is 30.3 Å². The summed E-state index contributed by atoms with van der Waals surface area (Å²) in [5, 5.41) is 4.47. The Labute approximate surface area is 140 Å². The summed E-state index contributed by atoms with van der Waals surface area (Å²) in [5.41, 5.74) is 8.75. The van der Waals surface area contributed by atoms with Gasteiger partial charge in [-0.3, -0.25) is 4.98 Å². The Balaban J connectivity index is 1.71. The number of nitrogens with zero attached hydrogens (tertiary/aromatic N) is 3. The minimum absolute atomic E-state index is 0.319. The van der Waals surface area contributed by atoms with E-state index in [0.29, 0.717) is 17.7 Å². The van der Waals surface area contributed by atoms with Crippen LogP contribution in [0.4, 0.5) is 11.6 Å². The van der Waals surface area contributed by atoms with Crippen LogP contribution in [0.15, 0.2) is 42.7 Å². The summed E-state index contributed by atoms with van der Waals surface area (Å²) in [6.07, 6.45) is 5.40. The van der Waals surface area contributed by atoms with Crippen LogP contribution in [0.1, 0.15) is 12.8 Å². The molecule has 1 aliphatic rings. The Morgan fingerprint density at radius 3 is 2.83 bits per heavy atom. The van der Waals surface area contributed by atoms with Crippen molar-refractivity contribution in [3.63, 3.8) is 0 Å². The summed E-state index contributed by atoms with van der Waals surface area (Å²) in [4.78, 5) is 13.4. The van der Waals surface area contributed by atoms with Gasteiger partial charge in [-0.1, -0.05) is 18.2 Å². The number of nitrogens with one attached hydrogen (secondary N) is 1. The van der Waals surface area contributed by atoms with Gasteiger partial charge in [0.25, 0.3) is 0 Å². The van der Waals surface area contributed by atoms with Crippen molar-refractivity contribution in [1.29, 1.82) is 0 Å². The first kappa shape index (κ1) is 14.8. The van der Waals surface area contributed by atoms with Gasteiger partial charge in [-0.2, -0.15) is 0 Å². The van der Waals surface area contributed by atoms with Gasteiger partial charge in [0.1, 0.15) is 0 Å². The van der Waals surface area contributed by atoms with Crippen LogP contribution in [0.3, 0.4) is 0 Å². The molecule has 6 heteroatoms. The Bertz CT molecular complexity index is 856. The first-order valence-electron chi connectivity index (χ1n) is 8.12. The number of benzene rings is 1. The Morgan fingerprint density at radius 1 is 1.08 bits per heavy atom. The third-order valence-electron chi connectivity index (χ3n) is 4.28. The van der Waals surface area contributed by atoms with E-state index in [9.17, 15) is 0 Å². The Kier molecular flexibility index (Phi) is 3.96. The van der Waals surface area contributed by atoms with Gasteiger partial charge in [-0.25, -0.2) is 9.97 Å². The number of hydrogen-bond acceptors (Lipinski definition) is 6. The number of ether oxygens (including phenoxy) is 1. The number of rotatable bonds is 3. The summed E-state index contributed by atoms with van der Waals surface area (Å²) in [6, 6.07) is 10.3. The molecule has 0 spiro atoms. The second-order valence-electron chi connectivity index (χ2n) is 5.90. The molecule has 24 heavy (non-hydrogen) atoms. The van der Waals surface area contributed by atoms with Crippen molar-refractivity contribution in [2.45, 2.75) is 18.9 Å². The maximum absolute atomic E-state index is 6.02. The fourth-order valence-corrected chi connectivity index (χ4v) is 3.00. The molecule has 2 aromatic heterocycles. The molecule has 3 heterocycles. The third kappa shape index (κ3) is 2.88. The predicted molar refractivity (Wildman–Crippen MR) is 94.6 cm³/mol. The molecule has 0 atom stereocenters. The molecule has 0 unspecified atom stereocenters. The average molecular weight is 321 g/mol. The van der Waals surface area contributed by atoms with E-state index in [1.54, 1.807) is 12.4 Å². The van der Waals surface area contributed by atoms with E-state index in [-0.39, 0.29) is 0 Å². The van der Waals surface area contributed by atoms with Gasteiger partial charge in [0, 0.05) is 36.4 Å². The number of nitrogen functional groups attached to an aromatic ring is 1. The fourth-order valence-electron chi connectivity index (χ4n) is 3.00. The van der Waals surface area contributed by atoms with E-state index < -0.39 is 0 Å². The van der Waals surface area contributed by atoms with Gasteiger partial charge in [0.2, 0.25) is 0 Å². The highest BCUT2D eigenvalue weighted by Gasteiger charge is 2.16. The molecule has 1 aromatic carbocycles. The maximum Gasteiger partial charge on any atom is 0.169 e. The van der Waals surface area contributed by atoms with Gasteiger partial charge in [0.15, 0.2) is 11.6 Å². The number of hydrogen-bond donors (Lipinski definition) is 2. The molecular weight excluding hydrogens is 302 g/mol. The highest BCUT2D eigenvalue weighted by atomic mass is 16.5. The molecule has 3 aromatic rings. The summed E-state index contributed by atoms with van der Waals surface area (Å²) in [7, 11) is 0. The maximum atomic E-state index is 6.02. The summed E-state index contributed by atoms with van der Waals surface area (Å²) >= 11 is 0. The molecule has 1 fully saturated rings. The molecule has 122 valence electrons. The normalized spacial score (nSPS) is 15.5. The monoisotopic (exact) mass is 321 g/mol. The van der Waals surface area contributed by atoms with Gasteiger partial charge in [0.05, 0.1) is 17.4 Å². The van der Waals surface area contributed by atoms with Crippen LogP contribution in [0.2, 0.25) is 0 Å². The second-order valence-corrected chi connectivity index (χ2v) is 5.90. The first-order valence-corrected chi connectivity index (χ1v) is 8.12. The molecule has 6 nitrogen and oxygen atoms in total. The van der Waals surface area contributed by atoms with Crippen LogP contribution in [0.5, 0.6) is 0 Å². The summed E-state index contributed by atoms with van der Waals surface area (Å²) in [6.45, 7) is 1.53. The third-order valence-corrected chi connectivity index (χ3v) is 4.28. The minimum Gasteiger partial charge on any atom is -0.381 e. The lowest BCUT2D eigenvalue weighted by molar-refractivity contribution is 0.0904. The quantitative estimate of drug-likeness (QED) is 0.771. The molecule has 0 radical (unpaired) electrons. The van der Waals surface area contributed by atoms with Gasteiger partial charge >= 0.3 is 0 Å². The van der Waals surface area contributed by atoms with Crippen LogP contribution in [0, 0.1) is 0 Å². The van der Waals surface area contributed by atoms with Crippen LogP contribution >= 0.6 is 0 Å². The van der Waals surface area contributed by atoms with Crippen molar-refractivity contribution in [3.05, 3.63) is 42.7 Å². The molecule has 1 aliphatic heterocycles. The number of pyridine rings is 1. The SMILES string of the molecule is Nc1ncc(-c2cccc3ncccc23)nc1NC1CCOCC1. The fraction of sp³-hybridized carbons (Fsp3) is 0.278. The molecular formula is C18H19N5O. The molecule has 3 N–H and O–H groups in total. The zero-order chi connectivity index (χ0) is 16.4. The molecule has 0 aliphatic carbocycles. The summed E-state index contributed by atoms with van der Waals surface area (Å²) < 4.78 is 5.39. The van der Waals surface area contributed by atoms with Crippen LogP contribution in [-0.2, 0) is 4.74 Å². The largest absolute Gasteiger partial charge is 0.381 e. The van der Waals surface area contributed by atoms with E-state index in [0.717, 1.165) is 48.2 Å². The topological polar surface area (TPSA) is 86.0 Å². The minimum atomic E-state index is 0.319. The molecule has 0 saturated carbocycles. The van der Waals surface area contributed by atoms with E-state index >= 15 is 0 Å². The van der Waals surface area contributed by atoms with Gasteiger partial charge in [-0.05, 0) is 25.0 Å². The van der Waals surface area contributed by atoms with Crippen molar-refractivity contribution in [2.75, 3.05) is 24.3 Å². The average Bonchev–Trinajstić information content (AvgIpc) is 2.64. The van der Waals surface area contributed by atoms with E-state index in [2.05, 4.69) is 15.3 Å².